The molecule has 0 radical (unpaired) electrons. The largest absolute Gasteiger partial charge is 0.310 e. The summed E-state index contributed by atoms with van der Waals surface area (Å²) in [5.41, 5.74) is 2.45. The standard InChI is InChI=1S/C15H18BrN3S/c1-10-14(9-17-12-5-6-12)15(19(2)18-10)20-13-7-3-11(16)4-8-13/h3-4,7-8,12,17H,5-6,9H2,1-2H3. The van der Waals surface area contributed by atoms with E-state index < -0.39 is 0 Å². The minimum Gasteiger partial charge on any atom is -0.310 e. The molecule has 1 heterocycles. The predicted octanol–water partition coefficient (Wildman–Crippen LogP) is 3.89. The van der Waals surface area contributed by atoms with Gasteiger partial charge >= 0.3 is 0 Å². The minimum absolute atomic E-state index is 0.722. The molecular formula is C15H18BrN3S. The lowest BCUT2D eigenvalue weighted by molar-refractivity contribution is 0.658. The molecule has 0 atom stereocenters. The maximum atomic E-state index is 4.57. The van der Waals surface area contributed by atoms with E-state index in [9.17, 15) is 0 Å². The Morgan fingerprint density at radius 2 is 2.05 bits per heavy atom. The van der Waals surface area contributed by atoms with Gasteiger partial charge in [-0.2, -0.15) is 5.10 Å². The zero-order chi connectivity index (χ0) is 14.1. The van der Waals surface area contributed by atoms with Crippen LogP contribution in [0.1, 0.15) is 24.1 Å². The van der Waals surface area contributed by atoms with Crippen molar-refractivity contribution in [1.82, 2.24) is 15.1 Å². The zero-order valence-corrected chi connectivity index (χ0v) is 14.1. The number of hydrogen-bond acceptors (Lipinski definition) is 3. The van der Waals surface area contributed by atoms with Crippen LogP contribution in [0.3, 0.4) is 0 Å². The molecule has 1 fully saturated rings. The van der Waals surface area contributed by atoms with E-state index in [4.69, 9.17) is 0 Å². The first-order chi connectivity index (χ1) is 9.63. The van der Waals surface area contributed by atoms with Crippen LogP contribution in [0.25, 0.3) is 0 Å². The minimum atomic E-state index is 0.722. The first-order valence-corrected chi connectivity index (χ1v) is 8.43. The first kappa shape index (κ1) is 14.2. The molecular weight excluding hydrogens is 334 g/mol. The summed E-state index contributed by atoms with van der Waals surface area (Å²) < 4.78 is 3.10. The lowest BCUT2D eigenvalue weighted by atomic mass is 10.2. The number of benzene rings is 1. The molecule has 106 valence electrons. The van der Waals surface area contributed by atoms with Crippen molar-refractivity contribution < 1.29 is 0 Å². The Morgan fingerprint density at radius 1 is 1.35 bits per heavy atom. The van der Waals surface area contributed by atoms with Crippen LogP contribution in [0.2, 0.25) is 0 Å². The van der Waals surface area contributed by atoms with Crippen molar-refractivity contribution in [2.45, 2.75) is 42.3 Å². The van der Waals surface area contributed by atoms with E-state index in [-0.39, 0.29) is 0 Å². The fourth-order valence-corrected chi connectivity index (χ4v) is 3.44. The first-order valence-electron chi connectivity index (χ1n) is 6.83. The van der Waals surface area contributed by atoms with E-state index in [0.29, 0.717) is 0 Å². The summed E-state index contributed by atoms with van der Waals surface area (Å²) in [6, 6.07) is 9.14. The SMILES string of the molecule is Cc1nn(C)c(Sc2ccc(Br)cc2)c1CNC1CC1. The van der Waals surface area contributed by atoms with Crippen molar-refractivity contribution >= 4 is 27.7 Å². The second kappa shape index (κ2) is 5.92. The Hall–Kier alpha value is -0.780. The van der Waals surface area contributed by atoms with E-state index in [1.165, 1.54) is 28.3 Å². The fraction of sp³-hybridized carbons (Fsp3) is 0.400. The van der Waals surface area contributed by atoms with Crippen LogP contribution in [0.5, 0.6) is 0 Å². The second-order valence-corrected chi connectivity index (χ2v) is 7.18. The van der Waals surface area contributed by atoms with Crippen LogP contribution >= 0.6 is 27.7 Å². The molecule has 0 saturated heterocycles. The van der Waals surface area contributed by atoms with Crippen molar-refractivity contribution in [3.63, 3.8) is 0 Å². The maximum absolute atomic E-state index is 4.57. The molecule has 0 unspecified atom stereocenters. The maximum Gasteiger partial charge on any atom is 0.103 e. The molecule has 1 aliphatic rings. The van der Waals surface area contributed by atoms with Crippen LogP contribution in [-0.2, 0) is 13.6 Å². The molecule has 3 nitrogen and oxygen atoms in total. The number of nitrogens with one attached hydrogen (secondary N) is 1. The highest BCUT2D eigenvalue weighted by molar-refractivity contribution is 9.10. The number of aromatic nitrogens is 2. The van der Waals surface area contributed by atoms with Crippen molar-refractivity contribution in [2.24, 2.45) is 7.05 Å². The highest BCUT2D eigenvalue weighted by atomic mass is 79.9. The molecule has 5 heteroatoms. The van der Waals surface area contributed by atoms with Crippen molar-refractivity contribution in [3.05, 3.63) is 40.0 Å². The monoisotopic (exact) mass is 351 g/mol. The smallest absolute Gasteiger partial charge is 0.103 e. The van der Waals surface area contributed by atoms with Gasteiger partial charge in [0.05, 0.1) is 5.69 Å². The van der Waals surface area contributed by atoms with Gasteiger partial charge in [0.15, 0.2) is 0 Å². The molecule has 3 rings (SSSR count). The molecule has 0 spiro atoms. The Bertz CT molecular complexity index is 602. The molecule has 1 aromatic carbocycles. The van der Waals surface area contributed by atoms with Gasteiger partial charge in [0.2, 0.25) is 0 Å². The highest BCUT2D eigenvalue weighted by Crippen LogP contribution is 2.32. The summed E-state index contributed by atoms with van der Waals surface area (Å²) >= 11 is 5.26. The van der Waals surface area contributed by atoms with Crippen LogP contribution in [0, 0.1) is 6.92 Å². The van der Waals surface area contributed by atoms with E-state index >= 15 is 0 Å². The van der Waals surface area contributed by atoms with Gasteiger partial charge in [-0.1, -0.05) is 27.7 Å². The Morgan fingerprint density at radius 3 is 2.70 bits per heavy atom. The van der Waals surface area contributed by atoms with Gasteiger partial charge in [-0.05, 0) is 44.0 Å². The van der Waals surface area contributed by atoms with E-state index in [0.717, 1.165) is 22.8 Å². The number of rotatable bonds is 5. The lowest BCUT2D eigenvalue weighted by Crippen LogP contribution is -2.16. The number of hydrogen-bond donors (Lipinski definition) is 1. The third kappa shape index (κ3) is 3.27. The second-order valence-electron chi connectivity index (χ2n) is 5.20. The molecule has 2 aromatic rings. The molecule has 20 heavy (non-hydrogen) atoms. The third-order valence-corrected chi connectivity index (χ3v) is 5.20. The summed E-state index contributed by atoms with van der Waals surface area (Å²) in [6.45, 7) is 3.01. The third-order valence-electron chi connectivity index (χ3n) is 3.46. The quantitative estimate of drug-likeness (QED) is 0.885. The van der Waals surface area contributed by atoms with Crippen LogP contribution in [0.4, 0.5) is 0 Å². The number of nitrogens with zero attached hydrogens (tertiary/aromatic N) is 2. The van der Waals surface area contributed by atoms with Gasteiger partial charge in [0.1, 0.15) is 5.03 Å². The highest BCUT2D eigenvalue weighted by Gasteiger charge is 2.22. The van der Waals surface area contributed by atoms with E-state index in [1.807, 2.05) is 11.7 Å². The average Bonchev–Trinajstić information content (AvgIpc) is 3.19. The zero-order valence-electron chi connectivity index (χ0n) is 11.7. The van der Waals surface area contributed by atoms with Crippen LogP contribution < -0.4 is 5.32 Å². The lowest BCUT2D eigenvalue weighted by Gasteiger charge is -2.07. The summed E-state index contributed by atoms with van der Waals surface area (Å²) in [5.74, 6) is 0. The molecule has 1 N–H and O–H groups in total. The normalized spacial score (nSPS) is 14.8. The fourth-order valence-electron chi connectivity index (χ4n) is 2.16. The Kier molecular flexibility index (Phi) is 4.19. The number of halogens is 1. The van der Waals surface area contributed by atoms with Crippen LogP contribution in [0.15, 0.2) is 38.7 Å². The van der Waals surface area contributed by atoms with Crippen molar-refractivity contribution in [1.29, 1.82) is 0 Å². The summed E-state index contributed by atoms with van der Waals surface area (Å²) in [7, 11) is 2.02. The Balaban J connectivity index is 1.81. The average molecular weight is 352 g/mol. The van der Waals surface area contributed by atoms with Gasteiger partial charge in [-0.25, -0.2) is 0 Å². The number of aryl methyl sites for hydroxylation is 2. The molecule has 1 aromatic heterocycles. The summed E-state index contributed by atoms with van der Waals surface area (Å²) in [5, 5.41) is 9.39. The van der Waals surface area contributed by atoms with Gasteiger partial charge in [-0.3, -0.25) is 4.68 Å². The van der Waals surface area contributed by atoms with E-state index in [1.54, 1.807) is 11.8 Å². The van der Waals surface area contributed by atoms with Gasteiger partial charge < -0.3 is 5.32 Å². The summed E-state index contributed by atoms with van der Waals surface area (Å²) in [6.07, 6.45) is 2.63. The molecule has 1 aliphatic carbocycles. The van der Waals surface area contributed by atoms with Gasteiger partial charge in [0, 0.05) is 34.6 Å². The van der Waals surface area contributed by atoms with Gasteiger partial charge in [-0.15, -0.1) is 0 Å². The van der Waals surface area contributed by atoms with Crippen molar-refractivity contribution in [3.8, 4) is 0 Å². The molecule has 0 bridgehead atoms. The van der Waals surface area contributed by atoms with Gasteiger partial charge in [0.25, 0.3) is 0 Å². The molecule has 1 saturated carbocycles. The van der Waals surface area contributed by atoms with E-state index in [2.05, 4.69) is 57.5 Å². The topological polar surface area (TPSA) is 29.9 Å². The summed E-state index contributed by atoms with van der Waals surface area (Å²) in [4.78, 5) is 1.24. The van der Waals surface area contributed by atoms with Crippen molar-refractivity contribution in [2.75, 3.05) is 0 Å². The molecule has 0 aliphatic heterocycles. The Labute approximate surface area is 132 Å². The predicted molar refractivity (Wildman–Crippen MR) is 86.1 cm³/mol. The van der Waals surface area contributed by atoms with Crippen LogP contribution in [-0.4, -0.2) is 15.8 Å². The molecule has 0 amide bonds.